The molecule has 0 aliphatic heterocycles. The number of ketones is 4. The SMILES string of the molecule is CCCCC(=O)C(=O)CC(=O)C(CCC)C(C)=O. The van der Waals surface area contributed by atoms with Crippen LogP contribution in [0.25, 0.3) is 0 Å². The van der Waals surface area contributed by atoms with Crippen LogP contribution in [0.3, 0.4) is 0 Å². The molecule has 1 unspecified atom stereocenters. The highest BCUT2D eigenvalue weighted by atomic mass is 16.2. The number of Topliss-reactive ketones (excluding diaryl/α,β-unsaturated/α-hetero) is 4. The lowest BCUT2D eigenvalue weighted by Crippen LogP contribution is -2.27. The highest BCUT2D eigenvalue weighted by Gasteiger charge is 2.26. The van der Waals surface area contributed by atoms with Crippen molar-refractivity contribution >= 4 is 23.1 Å². The van der Waals surface area contributed by atoms with E-state index in [1.54, 1.807) is 0 Å². The van der Waals surface area contributed by atoms with Crippen LogP contribution in [-0.2, 0) is 19.2 Å². The van der Waals surface area contributed by atoms with Gasteiger partial charge in [0.05, 0.1) is 12.3 Å². The lowest BCUT2D eigenvalue weighted by molar-refractivity contribution is -0.140. The van der Waals surface area contributed by atoms with Crippen LogP contribution < -0.4 is 0 Å². The quantitative estimate of drug-likeness (QED) is 0.443. The predicted molar refractivity (Wildman–Crippen MR) is 68.2 cm³/mol. The zero-order valence-corrected chi connectivity index (χ0v) is 11.5. The molecule has 0 heterocycles. The summed E-state index contributed by atoms with van der Waals surface area (Å²) >= 11 is 0. The van der Waals surface area contributed by atoms with Crippen molar-refractivity contribution < 1.29 is 19.2 Å². The minimum absolute atomic E-state index is 0.196. The van der Waals surface area contributed by atoms with E-state index in [2.05, 4.69) is 0 Å². The molecule has 0 aliphatic carbocycles. The van der Waals surface area contributed by atoms with Gasteiger partial charge in [-0.25, -0.2) is 0 Å². The molecule has 0 bridgehead atoms. The molecule has 0 fully saturated rings. The van der Waals surface area contributed by atoms with Crippen molar-refractivity contribution in [3.8, 4) is 0 Å². The molecule has 4 nitrogen and oxygen atoms in total. The first kappa shape index (κ1) is 16.7. The van der Waals surface area contributed by atoms with Crippen molar-refractivity contribution in [2.45, 2.75) is 59.3 Å². The third-order valence-corrected chi connectivity index (χ3v) is 2.86. The summed E-state index contributed by atoms with van der Waals surface area (Å²) in [4.78, 5) is 46.0. The zero-order valence-electron chi connectivity index (χ0n) is 11.5. The maximum absolute atomic E-state index is 11.8. The van der Waals surface area contributed by atoms with Gasteiger partial charge >= 0.3 is 0 Å². The number of carbonyl (C=O) groups excluding carboxylic acids is 4. The third-order valence-electron chi connectivity index (χ3n) is 2.86. The third kappa shape index (κ3) is 5.84. The summed E-state index contributed by atoms with van der Waals surface area (Å²) < 4.78 is 0. The fourth-order valence-electron chi connectivity index (χ4n) is 1.74. The van der Waals surface area contributed by atoms with Gasteiger partial charge in [0.1, 0.15) is 5.78 Å². The second kappa shape index (κ2) is 8.72. The molecule has 0 amide bonds. The van der Waals surface area contributed by atoms with Crippen molar-refractivity contribution in [2.24, 2.45) is 5.92 Å². The Labute approximate surface area is 108 Å². The van der Waals surface area contributed by atoms with E-state index >= 15 is 0 Å². The summed E-state index contributed by atoms with van der Waals surface area (Å²) in [5.41, 5.74) is 0. The van der Waals surface area contributed by atoms with Crippen LogP contribution in [0, 0.1) is 5.92 Å². The molecule has 0 aromatic rings. The van der Waals surface area contributed by atoms with E-state index in [0.29, 0.717) is 19.3 Å². The van der Waals surface area contributed by atoms with Gasteiger partial charge in [-0.2, -0.15) is 0 Å². The Kier molecular flexibility index (Phi) is 8.08. The Balaban J connectivity index is 4.40. The highest BCUT2D eigenvalue weighted by molar-refractivity contribution is 6.40. The molecule has 0 saturated heterocycles. The monoisotopic (exact) mass is 254 g/mol. The molecule has 1 atom stereocenters. The molecule has 0 aliphatic rings. The van der Waals surface area contributed by atoms with Gasteiger partial charge in [0.15, 0.2) is 11.6 Å². The first-order valence-electron chi connectivity index (χ1n) is 6.53. The van der Waals surface area contributed by atoms with E-state index in [4.69, 9.17) is 0 Å². The molecule has 0 aromatic heterocycles. The van der Waals surface area contributed by atoms with Crippen molar-refractivity contribution in [2.75, 3.05) is 0 Å². The van der Waals surface area contributed by atoms with Gasteiger partial charge in [-0.3, -0.25) is 19.2 Å². The molecule has 0 rings (SSSR count). The van der Waals surface area contributed by atoms with Crippen molar-refractivity contribution in [1.29, 1.82) is 0 Å². The number of hydrogen-bond acceptors (Lipinski definition) is 4. The van der Waals surface area contributed by atoms with Crippen LogP contribution in [-0.4, -0.2) is 23.1 Å². The standard InChI is InChI=1S/C14H22O4/c1-4-6-8-12(16)14(18)9-13(17)11(7-5-2)10(3)15/h11H,4-9H2,1-3H3. The van der Waals surface area contributed by atoms with Gasteiger partial charge in [0, 0.05) is 6.42 Å². The zero-order chi connectivity index (χ0) is 14.1. The molecule has 4 heteroatoms. The smallest absolute Gasteiger partial charge is 0.205 e. The van der Waals surface area contributed by atoms with Crippen molar-refractivity contribution in [3.05, 3.63) is 0 Å². The lowest BCUT2D eigenvalue weighted by atomic mass is 9.91. The normalized spacial score (nSPS) is 11.9. The van der Waals surface area contributed by atoms with Crippen LogP contribution in [0.1, 0.15) is 59.3 Å². The first-order chi connectivity index (χ1) is 8.43. The number of rotatable bonds is 10. The average Bonchev–Trinajstić information content (AvgIpc) is 2.31. The van der Waals surface area contributed by atoms with Crippen LogP contribution in [0.15, 0.2) is 0 Å². The lowest BCUT2D eigenvalue weighted by Gasteiger charge is -2.10. The van der Waals surface area contributed by atoms with Crippen molar-refractivity contribution in [3.63, 3.8) is 0 Å². The van der Waals surface area contributed by atoms with Crippen LogP contribution in [0.4, 0.5) is 0 Å². The van der Waals surface area contributed by atoms with Crippen molar-refractivity contribution in [1.82, 2.24) is 0 Å². The maximum Gasteiger partial charge on any atom is 0.205 e. The Morgan fingerprint density at radius 3 is 2.00 bits per heavy atom. The number of unbranched alkanes of at least 4 members (excludes halogenated alkanes) is 1. The van der Waals surface area contributed by atoms with E-state index in [9.17, 15) is 19.2 Å². The van der Waals surface area contributed by atoms with Gasteiger partial charge in [-0.1, -0.05) is 26.7 Å². The van der Waals surface area contributed by atoms with Gasteiger partial charge < -0.3 is 0 Å². The summed E-state index contributed by atoms with van der Waals surface area (Å²) in [6.45, 7) is 5.15. The minimum atomic E-state index is -0.724. The molecule has 0 aromatic carbocycles. The summed E-state index contributed by atoms with van der Waals surface area (Å²) in [5.74, 6) is -2.52. The summed E-state index contributed by atoms with van der Waals surface area (Å²) in [7, 11) is 0. The molecule has 0 saturated carbocycles. The molecule has 0 radical (unpaired) electrons. The second-order valence-electron chi connectivity index (χ2n) is 4.54. The molecule has 0 N–H and O–H groups in total. The van der Waals surface area contributed by atoms with Gasteiger partial charge in [0.2, 0.25) is 5.78 Å². The van der Waals surface area contributed by atoms with Gasteiger partial charge in [-0.05, 0) is 19.8 Å². The summed E-state index contributed by atoms with van der Waals surface area (Å²) in [5, 5.41) is 0. The average molecular weight is 254 g/mol. The topological polar surface area (TPSA) is 68.3 Å². The minimum Gasteiger partial charge on any atom is -0.299 e. The Hall–Kier alpha value is -1.32. The van der Waals surface area contributed by atoms with Crippen LogP contribution >= 0.6 is 0 Å². The van der Waals surface area contributed by atoms with E-state index in [-0.39, 0.29) is 12.2 Å². The van der Waals surface area contributed by atoms with Crippen LogP contribution in [0.5, 0.6) is 0 Å². The van der Waals surface area contributed by atoms with Gasteiger partial charge in [-0.15, -0.1) is 0 Å². The summed E-state index contributed by atoms with van der Waals surface area (Å²) in [6.07, 6.45) is 2.41. The predicted octanol–water partition coefficient (Wildman–Crippen LogP) is 2.28. The molecular formula is C14H22O4. The van der Waals surface area contributed by atoms with E-state index < -0.39 is 29.7 Å². The largest absolute Gasteiger partial charge is 0.299 e. The van der Waals surface area contributed by atoms with E-state index in [1.165, 1.54) is 6.92 Å². The fraction of sp³-hybridized carbons (Fsp3) is 0.714. The first-order valence-corrected chi connectivity index (χ1v) is 6.53. The Morgan fingerprint density at radius 2 is 1.56 bits per heavy atom. The second-order valence-corrected chi connectivity index (χ2v) is 4.54. The molecule has 0 spiro atoms. The Morgan fingerprint density at radius 1 is 0.944 bits per heavy atom. The van der Waals surface area contributed by atoms with E-state index in [1.807, 2.05) is 13.8 Å². The maximum atomic E-state index is 11.8. The fourth-order valence-corrected chi connectivity index (χ4v) is 1.74. The Bertz CT molecular complexity index is 331. The molecule has 102 valence electrons. The van der Waals surface area contributed by atoms with E-state index in [0.717, 1.165) is 6.42 Å². The number of carbonyl (C=O) groups is 4. The number of hydrogen-bond donors (Lipinski definition) is 0. The highest BCUT2D eigenvalue weighted by Crippen LogP contribution is 2.12. The van der Waals surface area contributed by atoms with Gasteiger partial charge in [0.25, 0.3) is 0 Å². The molecular weight excluding hydrogens is 232 g/mol. The molecule has 18 heavy (non-hydrogen) atoms. The van der Waals surface area contributed by atoms with Crippen LogP contribution in [0.2, 0.25) is 0 Å². The summed E-state index contributed by atoms with van der Waals surface area (Å²) in [6, 6.07) is 0.